The number of benzene rings is 3. The number of halogens is 1. The maximum atomic E-state index is 13.0. The van der Waals surface area contributed by atoms with Gasteiger partial charge in [0, 0.05) is 16.8 Å². The van der Waals surface area contributed by atoms with E-state index in [4.69, 9.17) is 0 Å². The molecule has 0 saturated carbocycles. The van der Waals surface area contributed by atoms with Crippen molar-refractivity contribution in [1.82, 2.24) is 0 Å². The van der Waals surface area contributed by atoms with E-state index in [9.17, 15) is 19.4 Å². The summed E-state index contributed by atoms with van der Waals surface area (Å²) in [6, 6.07) is 16.2. The summed E-state index contributed by atoms with van der Waals surface area (Å²) in [5.74, 6) is -0.623. The van der Waals surface area contributed by atoms with Crippen LogP contribution >= 0.6 is 0 Å². The SMILES string of the molecule is O=C(Nc1ccc(O)cc1)c1ccc(O)c(-c2ccc(F)cc2)c1. The van der Waals surface area contributed by atoms with Crippen LogP contribution in [0.5, 0.6) is 11.5 Å². The van der Waals surface area contributed by atoms with Crippen molar-refractivity contribution in [3.8, 4) is 22.6 Å². The molecule has 0 aliphatic rings. The molecular weight excluding hydrogens is 309 g/mol. The zero-order chi connectivity index (χ0) is 17.1. The van der Waals surface area contributed by atoms with Crippen LogP contribution in [0.4, 0.5) is 10.1 Å². The molecule has 0 atom stereocenters. The van der Waals surface area contributed by atoms with Gasteiger partial charge in [-0.05, 0) is 60.2 Å². The van der Waals surface area contributed by atoms with E-state index in [0.717, 1.165) is 0 Å². The molecule has 24 heavy (non-hydrogen) atoms. The standard InChI is InChI=1S/C19H14FNO3/c20-14-4-1-12(2-5-14)17-11-13(3-10-18(17)23)19(24)21-15-6-8-16(22)9-7-15/h1-11,22-23H,(H,21,24). The maximum Gasteiger partial charge on any atom is 0.255 e. The normalized spacial score (nSPS) is 10.4. The summed E-state index contributed by atoms with van der Waals surface area (Å²) in [4.78, 5) is 12.3. The number of aromatic hydroxyl groups is 2. The van der Waals surface area contributed by atoms with Crippen LogP contribution in [0.2, 0.25) is 0 Å². The molecule has 0 bridgehead atoms. The number of phenols is 2. The summed E-state index contributed by atoms with van der Waals surface area (Å²) >= 11 is 0. The molecule has 0 fully saturated rings. The number of phenolic OH excluding ortho intramolecular Hbond substituents is 2. The van der Waals surface area contributed by atoms with E-state index < -0.39 is 0 Å². The first-order valence-corrected chi connectivity index (χ1v) is 7.22. The number of hydrogen-bond donors (Lipinski definition) is 3. The minimum atomic E-state index is -0.375. The first-order chi connectivity index (χ1) is 11.5. The highest BCUT2D eigenvalue weighted by Gasteiger charge is 2.11. The van der Waals surface area contributed by atoms with E-state index >= 15 is 0 Å². The second-order valence-corrected chi connectivity index (χ2v) is 5.24. The molecule has 3 N–H and O–H groups in total. The Morgan fingerprint density at radius 3 is 2.21 bits per heavy atom. The Hall–Kier alpha value is -3.34. The van der Waals surface area contributed by atoms with Gasteiger partial charge in [0.2, 0.25) is 0 Å². The first kappa shape index (κ1) is 15.6. The Labute approximate surface area is 137 Å². The van der Waals surface area contributed by atoms with Crippen LogP contribution in [0, 0.1) is 5.82 Å². The van der Waals surface area contributed by atoms with Gasteiger partial charge in [0.05, 0.1) is 0 Å². The van der Waals surface area contributed by atoms with Gasteiger partial charge in [0.15, 0.2) is 0 Å². The fraction of sp³-hybridized carbons (Fsp3) is 0. The lowest BCUT2D eigenvalue weighted by Gasteiger charge is -2.09. The number of carbonyl (C=O) groups is 1. The quantitative estimate of drug-likeness (QED) is 0.634. The molecule has 5 heteroatoms. The van der Waals surface area contributed by atoms with Crippen LogP contribution < -0.4 is 5.32 Å². The van der Waals surface area contributed by atoms with Gasteiger partial charge in [-0.25, -0.2) is 4.39 Å². The fourth-order valence-corrected chi connectivity index (χ4v) is 2.29. The number of nitrogens with one attached hydrogen (secondary N) is 1. The molecule has 0 spiro atoms. The van der Waals surface area contributed by atoms with Crippen molar-refractivity contribution in [3.63, 3.8) is 0 Å². The molecule has 3 aromatic rings. The molecule has 0 heterocycles. The summed E-state index contributed by atoms with van der Waals surface area (Å²) in [5, 5.41) is 22.0. The molecule has 0 radical (unpaired) electrons. The van der Waals surface area contributed by atoms with Crippen molar-refractivity contribution in [3.05, 3.63) is 78.1 Å². The van der Waals surface area contributed by atoms with Crippen LogP contribution in [0.1, 0.15) is 10.4 Å². The van der Waals surface area contributed by atoms with Crippen LogP contribution in [0.25, 0.3) is 11.1 Å². The fourth-order valence-electron chi connectivity index (χ4n) is 2.29. The summed E-state index contributed by atoms with van der Waals surface area (Å²) < 4.78 is 13.0. The van der Waals surface area contributed by atoms with Crippen LogP contribution in [0.3, 0.4) is 0 Å². The lowest BCUT2D eigenvalue weighted by molar-refractivity contribution is 0.102. The average Bonchev–Trinajstić information content (AvgIpc) is 2.58. The minimum Gasteiger partial charge on any atom is -0.508 e. The largest absolute Gasteiger partial charge is 0.508 e. The summed E-state index contributed by atoms with van der Waals surface area (Å²) in [6.07, 6.45) is 0. The van der Waals surface area contributed by atoms with Gasteiger partial charge in [-0.2, -0.15) is 0 Å². The first-order valence-electron chi connectivity index (χ1n) is 7.22. The molecule has 0 aliphatic heterocycles. The zero-order valence-electron chi connectivity index (χ0n) is 12.5. The molecule has 0 aliphatic carbocycles. The predicted octanol–water partition coefficient (Wildman–Crippen LogP) is 4.16. The molecule has 0 aromatic heterocycles. The molecule has 120 valence electrons. The molecule has 3 rings (SSSR count). The average molecular weight is 323 g/mol. The summed E-state index contributed by atoms with van der Waals surface area (Å²) in [7, 11) is 0. The van der Waals surface area contributed by atoms with Gasteiger partial charge >= 0.3 is 0 Å². The van der Waals surface area contributed by atoms with Gasteiger partial charge in [-0.15, -0.1) is 0 Å². The van der Waals surface area contributed by atoms with Crippen molar-refractivity contribution >= 4 is 11.6 Å². The van der Waals surface area contributed by atoms with Crippen LogP contribution in [-0.2, 0) is 0 Å². The van der Waals surface area contributed by atoms with Gasteiger partial charge < -0.3 is 15.5 Å². The highest BCUT2D eigenvalue weighted by Crippen LogP contribution is 2.30. The smallest absolute Gasteiger partial charge is 0.255 e. The highest BCUT2D eigenvalue weighted by atomic mass is 19.1. The number of anilines is 1. The predicted molar refractivity (Wildman–Crippen MR) is 89.6 cm³/mol. The highest BCUT2D eigenvalue weighted by molar-refractivity contribution is 6.05. The van der Waals surface area contributed by atoms with E-state index in [1.54, 1.807) is 12.1 Å². The monoisotopic (exact) mass is 323 g/mol. The van der Waals surface area contributed by atoms with Gasteiger partial charge in [0.1, 0.15) is 17.3 Å². The molecule has 3 aromatic carbocycles. The molecule has 0 saturated heterocycles. The third-order valence-electron chi connectivity index (χ3n) is 3.54. The minimum absolute atomic E-state index is 0.00258. The van der Waals surface area contributed by atoms with Crippen molar-refractivity contribution in [1.29, 1.82) is 0 Å². The Balaban J connectivity index is 1.88. The number of carbonyl (C=O) groups excluding carboxylic acids is 1. The summed E-state index contributed by atoms with van der Waals surface area (Å²) in [5.41, 5.74) is 1.93. The third-order valence-corrected chi connectivity index (χ3v) is 3.54. The van der Waals surface area contributed by atoms with Crippen LogP contribution in [0.15, 0.2) is 66.7 Å². The Bertz CT molecular complexity index is 874. The number of rotatable bonds is 3. The van der Waals surface area contributed by atoms with E-state index in [0.29, 0.717) is 22.4 Å². The number of amides is 1. The van der Waals surface area contributed by atoms with E-state index in [1.165, 1.54) is 54.6 Å². The third kappa shape index (κ3) is 3.35. The van der Waals surface area contributed by atoms with E-state index in [2.05, 4.69) is 5.32 Å². The maximum absolute atomic E-state index is 13.0. The van der Waals surface area contributed by atoms with Crippen LogP contribution in [-0.4, -0.2) is 16.1 Å². The topological polar surface area (TPSA) is 69.6 Å². The van der Waals surface area contributed by atoms with Crippen molar-refractivity contribution in [2.75, 3.05) is 5.32 Å². The number of hydrogen-bond acceptors (Lipinski definition) is 3. The van der Waals surface area contributed by atoms with Gasteiger partial charge in [0.25, 0.3) is 5.91 Å². The second-order valence-electron chi connectivity index (χ2n) is 5.24. The molecule has 1 amide bonds. The lowest BCUT2D eigenvalue weighted by atomic mass is 10.0. The van der Waals surface area contributed by atoms with Crippen molar-refractivity contribution in [2.45, 2.75) is 0 Å². The van der Waals surface area contributed by atoms with Crippen molar-refractivity contribution < 1.29 is 19.4 Å². The molecule has 4 nitrogen and oxygen atoms in total. The zero-order valence-corrected chi connectivity index (χ0v) is 12.5. The Morgan fingerprint density at radius 1 is 0.875 bits per heavy atom. The van der Waals surface area contributed by atoms with Gasteiger partial charge in [-0.3, -0.25) is 4.79 Å². The lowest BCUT2D eigenvalue weighted by Crippen LogP contribution is -2.11. The Morgan fingerprint density at radius 2 is 1.54 bits per heavy atom. The van der Waals surface area contributed by atoms with E-state index in [1.807, 2.05) is 0 Å². The van der Waals surface area contributed by atoms with Crippen molar-refractivity contribution in [2.24, 2.45) is 0 Å². The molecular formula is C19H14FNO3. The summed E-state index contributed by atoms with van der Waals surface area (Å²) in [6.45, 7) is 0. The van der Waals surface area contributed by atoms with Gasteiger partial charge in [-0.1, -0.05) is 12.1 Å². The second kappa shape index (κ2) is 6.42. The molecule has 0 unspecified atom stereocenters. The Kier molecular flexibility index (Phi) is 4.16. The van der Waals surface area contributed by atoms with E-state index in [-0.39, 0.29) is 23.2 Å².